The third kappa shape index (κ3) is 2.95. The van der Waals surface area contributed by atoms with Crippen molar-refractivity contribution in [2.75, 3.05) is 0 Å². The van der Waals surface area contributed by atoms with E-state index in [4.69, 9.17) is 0 Å². The van der Waals surface area contributed by atoms with Crippen molar-refractivity contribution in [1.29, 1.82) is 0 Å². The van der Waals surface area contributed by atoms with Crippen LogP contribution in [-0.2, 0) is 18.4 Å². The van der Waals surface area contributed by atoms with Crippen molar-refractivity contribution in [3.8, 4) is 11.5 Å². The van der Waals surface area contributed by atoms with Gasteiger partial charge in [0.1, 0.15) is 0 Å². The summed E-state index contributed by atoms with van der Waals surface area (Å²) in [5.74, 6) is -0.591. The number of ether oxygens (including phenoxy) is 1. The predicted molar refractivity (Wildman–Crippen MR) is 80.4 cm³/mol. The van der Waals surface area contributed by atoms with E-state index < -0.39 is 6.61 Å². The molecule has 1 aromatic carbocycles. The molecule has 1 heterocycles. The van der Waals surface area contributed by atoms with Crippen LogP contribution in [0.2, 0.25) is 0 Å². The van der Waals surface area contributed by atoms with Gasteiger partial charge in [0.05, 0.1) is 12.1 Å². The molecule has 1 aliphatic carbocycles. The molecular formula is C16H18F2N2O3. The first-order chi connectivity index (χ1) is 10.8. The Kier molecular flexibility index (Phi) is 3.66. The van der Waals surface area contributed by atoms with Gasteiger partial charge in [0.15, 0.2) is 11.5 Å². The van der Waals surface area contributed by atoms with Crippen molar-refractivity contribution in [2.45, 2.75) is 32.9 Å². The Morgan fingerprint density at radius 2 is 2.13 bits per heavy atom. The molecule has 0 atom stereocenters. The summed E-state index contributed by atoms with van der Waals surface area (Å²) in [6, 6.07) is 4.52. The fourth-order valence-electron chi connectivity index (χ4n) is 2.57. The first-order valence-corrected chi connectivity index (χ1v) is 7.34. The first kappa shape index (κ1) is 15.6. The number of nitrogens with one attached hydrogen (secondary N) is 1. The Morgan fingerprint density at radius 1 is 1.43 bits per heavy atom. The number of hydrogen-bond donors (Lipinski definition) is 2. The van der Waals surface area contributed by atoms with Crippen LogP contribution in [0.25, 0.3) is 10.9 Å². The van der Waals surface area contributed by atoms with Crippen molar-refractivity contribution in [1.82, 2.24) is 9.88 Å². The molecule has 1 amide bonds. The summed E-state index contributed by atoms with van der Waals surface area (Å²) in [4.78, 5) is 12.0. The number of fused-ring (bicyclic) bond motifs is 1. The molecule has 0 bridgehead atoms. The smallest absolute Gasteiger partial charge is 0.387 e. The van der Waals surface area contributed by atoms with E-state index in [1.807, 2.05) is 6.92 Å². The molecule has 124 valence electrons. The minimum Gasteiger partial charge on any atom is -0.504 e. The highest BCUT2D eigenvalue weighted by atomic mass is 19.3. The van der Waals surface area contributed by atoms with Gasteiger partial charge in [-0.2, -0.15) is 8.78 Å². The van der Waals surface area contributed by atoms with Gasteiger partial charge in [-0.15, -0.1) is 0 Å². The number of carbonyl (C=O) groups excluding carboxylic acids is 1. The number of alkyl halides is 2. The summed E-state index contributed by atoms with van der Waals surface area (Å²) in [5.41, 5.74) is 1.23. The van der Waals surface area contributed by atoms with Gasteiger partial charge in [0, 0.05) is 29.6 Å². The molecule has 1 aliphatic rings. The van der Waals surface area contributed by atoms with Crippen molar-refractivity contribution in [2.24, 2.45) is 12.5 Å². The van der Waals surface area contributed by atoms with Gasteiger partial charge in [-0.05, 0) is 25.0 Å². The van der Waals surface area contributed by atoms with Crippen molar-refractivity contribution in [3.63, 3.8) is 0 Å². The Bertz CT molecular complexity index is 766. The largest absolute Gasteiger partial charge is 0.504 e. The van der Waals surface area contributed by atoms with Crippen molar-refractivity contribution in [3.05, 3.63) is 23.9 Å². The van der Waals surface area contributed by atoms with E-state index in [0.29, 0.717) is 17.4 Å². The maximum absolute atomic E-state index is 12.3. The van der Waals surface area contributed by atoms with E-state index in [-0.39, 0.29) is 22.8 Å². The standard InChI is InChI=1S/C16H18F2N2O3/c1-16(3-4-16)14(22)19-8-10-5-9-6-13(23-15(17)18)12(21)7-11(9)20(10)2/h5-7,15,21H,3-4,8H2,1-2H3,(H,19,22). The number of rotatable bonds is 5. The Hall–Kier alpha value is -2.31. The molecule has 2 aromatic rings. The number of benzene rings is 1. The van der Waals surface area contributed by atoms with E-state index in [1.165, 1.54) is 12.1 Å². The minimum absolute atomic E-state index is 0.0207. The second-order valence-corrected chi connectivity index (χ2v) is 6.20. The number of carbonyl (C=O) groups is 1. The van der Waals surface area contributed by atoms with Gasteiger partial charge < -0.3 is 19.7 Å². The molecule has 23 heavy (non-hydrogen) atoms. The van der Waals surface area contributed by atoms with Crippen LogP contribution in [0, 0.1) is 5.41 Å². The molecule has 1 aromatic heterocycles. The molecule has 0 radical (unpaired) electrons. The zero-order valence-electron chi connectivity index (χ0n) is 12.9. The minimum atomic E-state index is -3.00. The van der Waals surface area contributed by atoms with Crippen LogP contribution >= 0.6 is 0 Å². The predicted octanol–water partition coefficient (Wildman–Crippen LogP) is 2.90. The summed E-state index contributed by atoms with van der Waals surface area (Å²) >= 11 is 0. The quantitative estimate of drug-likeness (QED) is 0.889. The second-order valence-electron chi connectivity index (χ2n) is 6.20. The van der Waals surface area contributed by atoms with Gasteiger partial charge in [0.2, 0.25) is 5.91 Å². The molecule has 0 saturated heterocycles. The van der Waals surface area contributed by atoms with Crippen LogP contribution in [-0.4, -0.2) is 22.2 Å². The first-order valence-electron chi connectivity index (χ1n) is 7.34. The molecule has 3 rings (SSSR count). The lowest BCUT2D eigenvalue weighted by Crippen LogP contribution is -2.30. The summed E-state index contributed by atoms with van der Waals surface area (Å²) in [5, 5.41) is 13.3. The molecule has 0 spiro atoms. The molecule has 1 fully saturated rings. The molecule has 1 saturated carbocycles. The monoisotopic (exact) mass is 324 g/mol. The lowest BCUT2D eigenvalue weighted by Gasteiger charge is -2.10. The maximum atomic E-state index is 12.3. The van der Waals surface area contributed by atoms with Gasteiger partial charge in [-0.1, -0.05) is 6.92 Å². The number of aromatic hydroxyl groups is 1. The highest BCUT2D eigenvalue weighted by Crippen LogP contribution is 2.45. The fraction of sp³-hybridized carbons (Fsp3) is 0.438. The number of halogens is 2. The highest BCUT2D eigenvalue weighted by molar-refractivity contribution is 5.86. The fourth-order valence-corrected chi connectivity index (χ4v) is 2.57. The van der Waals surface area contributed by atoms with E-state index in [9.17, 15) is 18.7 Å². The van der Waals surface area contributed by atoms with Gasteiger partial charge in [0.25, 0.3) is 0 Å². The molecular weight excluding hydrogens is 306 g/mol. The molecule has 2 N–H and O–H groups in total. The summed E-state index contributed by atoms with van der Waals surface area (Å²) in [7, 11) is 1.79. The van der Waals surface area contributed by atoms with Gasteiger partial charge in [-0.25, -0.2) is 0 Å². The third-order valence-electron chi connectivity index (χ3n) is 4.42. The van der Waals surface area contributed by atoms with Crippen molar-refractivity contribution < 1.29 is 23.4 Å². The lowest BCUT2D eigenvalue weighted by atomic mass is 10.1. The average molecular weight is 324 g/mol. The number of hydrogen-bond acceptors (Lipinski definition) is 3. The zero-order chi connectivity index (χ0) is 16.8. The number of nitrogens with zero attached hydrogens (tertiary/aromatic N) is 1. The second kappa shape index (κ2) is 5.40. The number of aromatic nitrogens is 1. The van der Waals surface area contributed by atoms with E-state index >= 15 is 0 Å². The molecule has 5 nitrogen and oxygen atoms in total. The Balaban J connectivity index is 1.84. The van der Waals surface area contributed by atoms with Crippen LogP contribution < -0.4 is 10.1 Å². The molecule has 7 heteroatoms. The topological polar surface area (TPSA) is 63.5 Å². The lowest BCUT2D eigenvalue weighted by molar-refractivity contribution is -0.125. The van der Waals surface area contributed by atoms with E-state index in [2.05, 4.69) is 10.1 Å². The maximum Gasteiger partial charge on any atom is 0.387 e. The SMILES string of the molecule is Cn1c(CNC(=O)C2(C)CC2)cc2cc(OC(F)F)c(O)cc21. The van der Waals surface area contributed by atoms with E-state index in [1.54, 1.807) is 17.7 Å². The zero-order valence-corrected chi connectivity index (χ0v) is 12.9. The van der Waals surface area contributed by atoms with Crippen LogP contribution in [0.3, 0.4) is 0 Å². The van der Waals surface area contributed by atoms with Gasteiger partial charge >= 0.3 is 6.61 Å². The summed E-state index contributed by atoms with van der Waals surface area (Å²) < 4.78 is 30.7. The normalized spacial score (nSPS) is 15.9. The number of amides is 1. The Morgan fingerprint density at radius 3 is 2.74 bits per heavy atom. The highest BCUT2D eigenvalue weighted by Gasteiger charge is 2.44. The number of aryl methyl sites for hydroxylation is 1. The van der Waals surface area contributed by atoms with Crippen LogP contribution in [0.4, 0.5) is 8.78 Å². The summed E-state index contributed by atoms with van der Waals surface area (Å²) in [6.07, 6.45) is 1.80. The third-order valence-corrected chi connectivity index (χ3v) is 4.42. The van der Waals surface area contributed by atoms with Crippen LogP contribution in [0.1, 0.15) is 25.5 Å². The van der Waals surface area contributed by atoms with Crippen molar-refractivity contribution >= 4 is 16.8 Å². The van der Waals surface area contributed by atoms with Crippen LogP contribution in [0.5, 0.6) is 11.5 Å². The molecule has 0 aliphatic heterocycles. The van der Waals surface area contributed by atoms with Gasteiger partial charge in [-0.3, -0.25) is 4.79 Å². The number of phenols is 1. The summed E-state index contributed by atoms with van der Waals surface area (Å²) in [6.45, 7) is -0.735. The molecule has 0 unspecified atom stereocenters. The average Bonchev–Trinajstić information content (AvgIpc) is 3.16. The Labute approximate surface area is 131 Å². The van der Waals surface area contributed by atoms with E-state index in [0.717, 1.165) is 18.5 Å². The number of phenolic OH excluding ortho intramolecular Hbond substituents is 1. The van der Waals surface area contributed by atoms with Crippen LogP contribution in [0.15, 0.2) is 18.2 Å².